The van der Waals surface area contributed by atoms with Crippen LogP contribution in [0.5, 0.6) is 0 Å². The Labute approximate surface area is 65.6 Å². The second kappa shape index (κ2) is 2.23. The van der Waals surface area contributed by atoms with Gasteiger partial charge in [0.1, 0.15) is 5.82 Å². The lowest BCUT2D eigenvalue weighted by molar-refractivity contribution is 0.132. The molecule has 0 aliphatic carbocycles. The minimum absolute atomic E-state index is 0.495. The molecule has 1 aliphatic heterocycles. The zero-order chi connectivity index (χ0) is 7.84. The highest BCUT2D eigenvalue weighted by Crippen LogP contribution is 2.20. The van der Waals surface area contributed by atoms with Crippen molar-refractivity contribution >= 4 is 5.82 Å². The van der Waals surface area contributed by atoms with E-state index in [1.165, 1.54) is 0 Å². The molecule has 2 rings (SSSR count). The van der Waals surface area contributed by atoms with Gasteiger partial charge in [0.2, 0.25) is 0 Å². The number of nitrogen functional groups attached to an aromatic ring is 1. The lowest BCUT2D eigenvalue weighted by Gasteiger charge is -2.36. The molecule has 4 nitrogen and oxygen atoms in total. The van der Waals surface area contributed by atoms with Crippen LogP contribution in [0.3, 0.4) is 0 Å². The first-order chi connectivity index (χ1) is 5.27. The van der Waals surface area contributed by atoms with E-state index in [1.54, 1.807) is 6.20 Å². The molecule has 11 heavy (non-hydrogen) atoms. The van der Waals surface area contributed by atoms with E-state index in [1.807, 2.05) is 10.7 Å². The van der Waals surface area contributed by atoms with Gasteiger partial charge in [0.25, 0.3) is 0 Å². The van der Waals surface area contributed by atoms with Gasteiger partial charge >= 0.3 is 0 Å². The standard InChI is InChI=1S/C7H12N4/c1-10-4-6(5-10)11-7(8)2-3-9-11/h2-3,6H,4-5,8H2,1H3. The number of anilines is 1. The van der Waals surface area contributed by atoms with E-state index < -0.39 is 0 Å². The zero-order valence-electron chi connectivity index (χ0n) is 6.57. The summed E-state index contributed by atoms with van der Waals surface area (Å²) in [6, 6.07) is 2.33. The molecule has 2 N–H and O–H groups in total. The van der Waals surface area contributed by atoms with E-state index in [2.05, 4.69) is 17.0 Å². The molecule has 1 aromatic rings. The van der Waals surface area contributed by atoms with Crippen molar-refractivity contribution in [2.45, 2.75) is 6.04 Å². The number of hydrogen-bond acceptors (Lipinski definition) is 3. The van der Waals surface area contributed by atoms with E-state index >= 15 is 0 Å². The monoisotopic (exact) mass is 152 g/mol. The highest BCUT2D eigenvalue weighted by Gasteiger charge is 2.26. The van der Waals surface area contributed by atoms with E-state index in [-0.39, 0.29) is 0 Å². The summed E-state index contributed by atoms with van der Waals surface area (Å²) in [6.45, 7) is 2.12. The van der Waals surface area contributed by atoms with Crippen LogP contribution in [0.25, 0.3) is 0 Å². The smallest absolute Gasteiger partial charge is 0.122 e. The molecule has 0 atom stereocenters. The minimum atomic E-state index is 0.495. The quantitative estimate of drug-likeness (QED) is 0.614. The molecule has 4 heteroatoms. The topological polar surface area (TPSA) is 47.1 Å². The molecule has 1 aromatic heterocycles. The van der Waals surface area contributed by atoms with Crippen LogP contribution in [-0.4, -0.2) is 34.8 Å². The SMILES string of the molecule is CN1CC(n2nccc2N)C1. The number of aromatic nitrogens is 2. The molecule has 0 bridgehead atoms. The molecule has 0 saturated carbocycles. The largest absolute Gasteiger partial charge is 0.384 e. The molecule has 0 aromatic carbocycles. The average Bonchev–Trinajstić information content (AvgIpc) is 2.29. The molecule has 1 aliphatic rings. The number of likely N-dealkylation sites (N-methyl/N-ethyl adjacent to an activating group) is 1. The maximum absolute atomic E-state index is 5.68. The van der Waals surface area contributed by atoms with Crippen molar-refractivity contribution in [1.82, 2.24) is 14.7 Å². The lowest BCUT2D eigenvalue weighted by Crippen LogP contribution is -2.45. The Morgan fingerprint density at radius 1 is 1.64 bits per heavy atom. The Balaban J connectivity index is 2.12. The van der Waals surface area contributed by atoms with Gasteiger partial charge < -0.3 is 10.6 Å². The van der Waals surface area contributed by atoms with Crippen LogP contribution >= 0.6 is 0 Å². The van der Waals surface area contributed by atoms with E-state index in [0.29, 0.717) is 6.04 Å². The third kappa shape index (κ3) is 0.991. The minimum Gasteiger partial charge on any atom is -0.384 e. The van der Waals surface area contributed by atoms with Crippen LogP contribution < -0.4 is 5.73 Å². The third-order valence-electron chi connectivity index (χ3n) is 2.09. The van der Waals surface area contributed by atoms with Crippen molar-refractivity contribution in [3.05, 3.63) is 12.3 Å². The summed E-state index contributed by atoms with van der Waals surface area (Å²) in [5.74, 6) is 0.767. The first kappa shape index (κ1) is 6.67. The number of nitrogens with two attached hydrogens (primary N) is 1. The fourth-order valence-electron chi connectivity index (χ4n) is 1.45. The number of rotatable bonds is 1. The summed E-state index contributed by atoms with van der Waals surface area (Å²) in [6.07, 6.45) is 1.74. The molecule has 0 radical (unpaired) electrons. The number of hydrogen-bond donors (Lipinski definition) is 1. The van der Waals surface area contributed by atoms with Crippen LogP contribution in [-0.2, 0) is 0 Å². The highest BCUT2D eigenvalue weighted by atomic mass is 15.4. The Morgan fingerprint density at radius 3 is 2.82 bits per heavy atom. The van der Waals surface area contributed by atoms with Gasteiger partial charge in [-0.05, 0) is 13.1 Å². The van der Waals surface area contributed by atoms with Gasteiger partial charge in [0, 0.05) is 13.1 Å². The van der Waals surface area contributed by atoms with Crippen LogP contribution in [0.4, 0.5) is 5.82 Å². The van der Waals surface area contributed by atoms with Crippen molar-refractivity contribution in [2.24, 2.45) is 0 Å². The van der Waals surface area contributed by atoms with Gasteiger partial charge in [0.15, 0.2) is 0 Å². The van der Waals surface area contributed by atoms with Crippen molar-refractivity contribution in [1.29, 1.82) is 0 Å². The fourth-order valence-corrected chi connectivity index (χ4v) is 1.45. The summed E-state index contributed by atoms with van der Waals surface area (Å²) < 4.78 is 1.89. The van der Waals surface area contributed by atoms with Crippen molar-refractivity contribution < 1.29 is 0 Å². The van der Waals surface area contributed by atoms with E-state index in [9.17, 15) is 0 Å². The maximum atomic E-state index is 5.68. The predicted molar refractivity (Wildman–Crippen MR) is 43.2 cm³/mol. The van der Waals surface area contributed by atoms with Gasteiger partial charge in [-0.1, -0.05) is 0 Å². The van der Waals surface area contributed by atoms with Gasteiger partial charge in [-0.15, -0.1) is 0 Å². The molecule has 2 heterocycles. The number of nitrogens with zero attached hydrogens (tertiary/aromatic N) is 3. The number of likely N-dealkylation sites (tertiary alicyclic amines) is 1. The van der Waals surface area contributed by atoms with Crippen LogP contribution in [0.2, 0.25) is 0 Å². The summed E-state index contributed by atoms with van der Waals surface area (Å²) in [5, 5.41) is 4.14. The Kier molecular flexibility index (Phi) is 1.35. The van der Waals surface area contributed by atoms with Gasteiger partial charge in [-0.3, -0.25) is 0 Å². The molecule has 0 unspecified atom stereocenters. The second-order valence-electron chi connectivity index (χ2n) is 3.08. The average molecular weight is 152 g/mol. The summed E-state index contributed by atoms with van der Waals surface area (Å²) >= 11 is 0. The highest BCUT2D eigenvalue weighted by molar-refractivity contribution is 5.27. The van der Waals surface area contributed by atoms with E-state index in [4.69, 9.17) is 5.73 Å². The van der Waals surface area contributed by atoms with Gasteiger partial charge in [-0.2, -0.15) is 5.10 Å². The van der Waals surface area contributed by atoms with E-state index in [0.717, 1.165) is 18.9 Å². The van der Waals surface area contributed by atoms with Crippen LogP contribution in [0.1, 0.15) is 6.04 Å². The summed E-state index contributed by atoms with van der Waals surface area (Å²) in [4.78, 5) is 2.24. The third-order valence-corrected chi connectivity index (χ3v) is 2.09. The maximum Gasteiger partial charge on any atom is 0.122 e. The predicted octanol–water partition coefficient (Wildman–Crippen LogP) is -0.0482. The molecular weight excluding hydrogens is 140 g/mol. The Hall–Kier alpha value is -1.03. The molecule has 0 spiro atoms. The van der Waals surface area contributed by atoms with Crippen LogP contribution in [0, 0.1) is 0 Å². The molecular formula is C7H12N4. The summed E-state index contributed by atoms with van der Waals surface area (Å²) in [7, 11) is 2.09. The van der Waals surface area contributed by atoms with Gasteiger partial charge in [-0.25, -0.2) is 4.68 Å². The summed E-state index contributed by atoms with van der Waals surface area (Å²) in [5.41, 5.74) is 5.68. The first-order valence-corrected chi connectivity index (χ1v) is 3.75. The van der Waals surface area contributed by atoms with Crippen LogP contribution in [0.15, 0.2) is 12.3 Å². The normalized spacial score (nSPS) is 20.1. The second-order valence-corrected chi connectivity index (χ2v) is 3.08. The molecule has 1 saturated heterocycles. The molecule has 60 valence electrons. The molecule has 0 amide bonds. The van der Waals surface area contributed by atoms with Crippen molar-refractivity contribution in [3.8, 4) is 0 Å². The van der Waals surface area contributed by atoms with Crippen molar-refractivity contribution in [2.75, 3.05) is 25.9 Å². The zero-order valence-corrected chi connectivity index (χ0v) is 6.57. The first-order valence-electron chi connectivity index (χ1n) is 3.75. The Bertz CT molecular complexity index is 249. The van der Waals surface area contributed by atoms with Crippen molar-refractivity contribution in [3.63, 3.8) is 0 Å². The Morgan fingerprint density at radius 2 is 2.36 bits per heavy atom. The van der Waals surface area contributed by atoms with Gasteiger partial charge in [0.05, 0.1) is 12.2 Å². The lowest BCUT2D eigenvalue weighted by atomic mass is 10.1. The fraction of sp³-hybridized carbons (Fsp3) is 0.571. The molecule has 1 fully saturated rings.